The van der Waals surface area contributed by atoms with E-state index in [1.54, 1.807) is 13.0 Å². The molecule has 0 fully saturated rings. The van der Waals surface area contributed by atoms with E-state index in [0.717, 1.165) is 5.56 Å². The molecule has 110 valence electrons. The zero-order valence-electron chi connectivity index (χ0n) is 12.0. The van der Waals surface area contributed by atoms with Crippen LogP contribution in [0.5, 0.6) is 0 Å². The number of aliphatic carboxylic acids is 1. The topological polar surface area (TPSA) is 57.6 Å². The molecule has 0 saturated carbocycles. The van der Waals surface area contributed by atoms with Crippen LogP contribution in [0.4, 0.5) is 4.39 Å². The maximum absolute atomic E-state index is 13.8. The smallest absolute Gasteiger partial charge is 0.303 e. The fourth-order valence-electron chi connectivity index (χ4n) is 1.94. The lowest BCUT2D eigenvalue weighted by atomic mass is 10.1. The molecule has 1 aromatic rings. The average molecular weight is 281 g/mol. The van der Waals surface area contributed by atoms with Crippen molar-refractivity contribution in [3.8, 4) is 0 Å². The first-order valence-corrected chi connectivity index (χ1v) is 6.62. The molecular weight excluding hydrogens is 261 g/mol. The SMILES string of the molecule is Cc1ccc(C(=O)N(CCCC(=O)O)C(C)C)c(F)c1. The summed E-state index contributed by atoms with van der Waals surface area (Å²) in [4.78, 5) is 24.3. The fourth-order valence-corrected chi connectivity index (χ4v) is 1.94. The number of benzene rings is 1. The monoisotopic (exact) mass is 281 g/mol. The van der Waals surface area contributed by atoms with Crippen molar-refractivity contribution in [1.82, 2.24) is 4.90 Å². The van der Waals surface area contributed by atoms with Gasteiger partial charge in [-0.1, -0.05) is 6.07 Å². The summed E-state index contributed by atoms with van der Waals surface area (Å²) >= 11 is 0. The van der Waals surface area contributed by atoms with Gasteiger partial charge in [0.25, 0.3) is 5.91 Å². The van der Waals surface area contributed by atoms with Crippen molar-refractivity contribution in [3.05, 3.63) is 35.1 Å². The first-order valence-electron chi connectivity index (χ1n) is 6.62. The Morgan fingerprint density at radius 3 is 2.50 bits per heavy atom. The number of nitrogens with zero attached hydrogens (tertiary/aromatic N) is 1. The molecule has 0 radical (unpaired) electrons. The number of halogens is 1. The van der Waals surface area contributed by atoms with Crippen LogP contribution in [0.15, 0.2) is 18.2 Å². The van der Waals surface area contributed by atoms with E-state index in [4.69, 9.17) is 5.11 Å². The van der Waals surface area contributed by atoms with E-state index in [1.165, 1.54) is 17.0 Å². The summed E-state index contributed by atoms with van der Waals surface area (Å²) in [6.45, 7) is 5.70. The standard InChI is InChI=1S/C15H20FNO3/c1-10(2)17(8-4-5-14(18)19)15(20)12-7-6-11(3)9-13(12)16/h6-7,9-10H,4-5,8H2,1-3H3,(H,18,19). The highest BCUT2D eigenvalue weighted by Gasteiger charge is 2.21. The number of amides is 1. The second-order valence-corrected chi connectivity index (χ2v) is 5.07. The van der Waals surface area contributed by atoms with Gasteiger partial charge >= 0.3 is 5.97 Å². The van der Waals surface area contributed by atoms with Crippen LogP contribution < -0.4 is 0 Å². The van der Waals surface area contributed by atoms with Crippen molar-refractivity contribution >= 4 is 11.9 Å². The summed E-state index contributed by atoms with van der Waals surface area (Å²) in [5.41, 5.74) is 0.778. The van der Waals surface area contributed by atoms with Crippen molar-refractivity contribution in [2.24, 2.45) is 0 Å². The van der Waals surface area contributed by atoms with E-state index >= 15 is 0 Å². The maximum Gasteiger partial charge on any atom is 0.303 e. The first kappa shape index (κ1) is 16.1. The first-order chi connectivity index (χ1) is 9.32. The van der Waals surface area contributed by atoms with Crippen molar-refractivity contribution < 1.29 is 19.1 Å². The molecule has 1 N–H and O–H groups in total. The second kappa shape index (κ2) is 7.03. The summed E-state index contributed by atoms with van der Waals surface area (Å²) in [7, 11) is 0. The maximum atomic E-state index is 13.8. The summed E-state index contributed by atoms with van der Waals surface area (Å²) in [6, 6.07) is 4.37. The van der Waals surface area contributed by atoms with E-state index in [0.29, 0.717) is 13.0 Å². The van der Waals surface area contributed by atoms with E-state index in [-0.39, 0.29) is 18.0 Å². The highest BCUT2D eigenvalue weighted by Crippen LogP contribution is 2.15. The number of hydrogen-bond donors (Lipinski definition) is 1. The molecule has 0 aliphatic carbocycles. The minimum absolute atomic E-state index is 0.00706. The molecule has 0 aliphatic heterocycles. The number of rotatable bonds is 6. The van der Waals surface area contributed by atoms with Gasteiger partial charge in [0.15, 0.2) is 0 Å². The van der Waals surface area contributed by atoms with Crippen LogP contribution >= 0.6 is 0 Å². The van der Waals surface area contributed by atoms with Gasteiger partial charge in [-0.2, -0.15) is 0 Å². The molecule has 0 unspecified atom stereocenters. The van der Waals surface area contributed by atoms with Crippen molar-refractivity contribution in [3.63, 3.8) is 0 Å². The van der Waals surface area contributed by atoms with Crippen molar-refractivity contribution in [2.75, 3.05) is 6.54 Å². The molecular formula is C15H20FNO3. The van der Waals surface area contributed by atoms with Gasteiger partial charge in [0.1, 0.15) is 5.82 Å². The molecule has 0 aliphatic rings. The lowest BCUT2D eigenvalue weighted by Gasteiger charge is -2.27. The third-order valence-corrected chi connectivity index (χ3v) is 3.03. The van der Waals surface area contributed by atoms with E-state index in [1.807, 2.05) is 13.8 Å². The van der Waals surface area contributed by atoms with E-state index in [2.05, 4.69) is 0 Å². The lowest BCUT2D eigenvalue weighted by Crippen LogP contribution is -2.38. The summed E-state index contributed by atoms with van der Waals surface area (Å²) in [5, 5.41) is 8.63. The Hall–Kier alpha value is -1.91. The minimum Gasteiger partial charge on any atom is -0.481 e. The highest BCUT2D eigenvalue weighted by molar-refractivity contribution is 5.94. The van der Waals surface area contributed by atoms with Gasteiger partial charge in [0.2, 0.25) is 0 Å². The summed E-state index contributed by atoms with van der Waals surface area (Å²) in [6.07, 6.45) is 0.347. The Balaban J connectivity index is 2.85. The van der Waals surface area contributed by atoms with Crippen LogP contribution in [0.3, 0.4) is 0 Å². The van der Waals surface area contributed by atoms with Crippen LogP contribution in [-0.4, -0.2) is 34.5 Å². The number of aryl methyl sites for hydroxylation is 1. The molecule has 5 heteroatoms. The lowest BCUT2D eigenvalue weighted by molar-refractivity contribution is -0.137. The zero-order chi connectivity index (χ0) is 15.3. The number of carbonyl (C=O) groups excluding carboxylic acids is 1. The third kappa shape index (κ3) is 4.33. The molecule has 0 aromatic heterocycles. The molecule has 1 rings (SSSR count). The summed E-state index contributed by atoms with van der Waals surface area (Å²) < 4.78 is 13.8. The molecule has 0 bridgehead atoms. The molecule has 0 saturated heterocycles. The Morgan fingerprint density at radius 1 is 1.35 bits per heavy atom. The van der Waals surface area contributed by atoms with Gasteiger partial charge < -0.3 is 10.0 Å². The molecule has 4 nitrogen and oxygen atoms in total. The predicted molar refractivity (Wildman–Crippen MR) is 74.2 cm³/mol. The molecule has 1 amide bonds. The molecule has 20 heavy (non-hydrogen) atoms. The van der Waals surface area contributed by atoms with Gasteiger partial charge in [-0.15, -0.1) is 0 Å². The summed E-state index contributed by atoms with van der Waals surface area (Å²) in [5.74, 6) is -1.84. The number of carboxylic acid groups (broad SMARTS) is 1. The number of carbonyl (C=O) groups is 2. The molecule has 0 heterocycles. The Bertz CT molecular complexity index is 500. The Labute approximate surface area is 118 Å². The van der Waals surface area contributed by atoms with Crippen LogP contribution in [0.25, 0.3) is 0 Å². The predicted octanol–water partition coefficient (Wildman–Crippen LogP) is 2.85. The third-order valence-electron chi connectivity index (χ3n) is 3.03. The highest BCUT2D eigenvalue weighted by atomic mass is 19.1. The largest absolute Gasteiger partial charge is 0.481 e. The van der Waals surface area contributed by atoms with Gasteiger partial charge in [0.05, 0.1) is 5.56 Å². The minimum atomic E-state index is -0.900. The van der Waals surface area contributed by atoms with Crippen LogP contribution in [0.2, 0.25) is 0 Å². The van der Waals surface area contributed by atoms with Gasteiger partial charge in [-0.25, -0.2) is 4.39 Å². The zero-order valence-corrected chi connectivity index (χ0v) is 12.0. The quantitative estimate of drug-likeness (QED) is 0.872. The number of hydrogen-bond acceptors (Lipinski definition) is 2. The molecule has 0 spiro atoms. The second-order valence-electron chi connectivity index (χ2n) is 5.07. The van der Waals surface area contributed by atoms with Crippen LogP contribution in [-0.2, 0) is 4.79 Å². The van der Waals surface area contributed by atoms with E-state index < -0.39 is 17.7 Å². The number of carboxylic acids is 1. The molecule has 0 atom stereocenters. The van der Waals surface area contributed by atoms with Crippen molar-refractivity contribution in [1.29, 1.82) is 0 Å². The normalized spacial score (nSPS) is 10.7. The van der Waals surface area contributed by atoms with Gasteiger partial charge in [-0.3, -0.25) is 9.59 Å². The van der Waals surface area contributed by atoms with Crippen molar-refractivity contribution in [2.45, 2.75) is 39.7 Å². The fraction of sp³-hybridized carbons (Fsp3) is 0.467. The van der Waals surface area contributed by atoms with Gasteiger partial charge in [0, 0.05) is 19.0 Å². The van der Waals surface area contributed by atoms with Crippen LogP contribution in [0, 0.1) is 12.7 Å². The molecule has 1 aromatic carbocycles. The van der Waals surface area contributed by atoms with E-state index in [9.17, 15) is 14.0 Å². The Morgan fingerprint density at radius 2 is 2.00 bits per heavy atom. The Kier molecular flexibility index (Phi) is 5.67. The van der Waals surface area contributed by atoms with Gasteiger partial charge in [-0.05, 0) is 44.9 Å². The van der Waals surface area contributed by atoms with Crippen LogP contribution in [0.1, 0.15) is 42.6 Å². The average Bonchev–Trinajstić information content (AvgIpc) is 2.33.